The van der Waals surface area contributed by atoms with Crippen molar-refractivity contribution in [1.29, 1.82) is 0 Å². The van der Waals surface area contributed by atoms with E-state index in [9.17, 15) is 9.59 Å². The first-order chi connectivity index (χ1) is 15.4. The lowest BCUT2D eigenvalue weighted by Gasteiger charge is -2.10. The maximum atomic E-state index is 12.8. The van der Waals surface area contributed by atoms with E-state index in [1.54, 1.807) is 17.9 Å². The van der Waals surface area contributed by atoms with Crippen LogP contribution < -0.4 is 4.74 Å². The van der Waals surface area contributed by atoms with Crippen molar-refractivity contribution in [3.05, 3.63) is 70.8 Å². The summed E-state index contributed by atoms with van der Waals surface area (Å²) < 4.78 is 7.34. The number of benzene rings is 2. The topological polar surface area (TPSA) is 84.7 Å². The van der Waals surface area contributed by atoms with Crippen molar-refractivity contribution in [3.63, 3.8) is 0 Å². The summed E-state index contributed by atoms with van der Waals surface area (Å²) >= 11 is 6.30. The fourth-order valence-electron chi connectivity index (χ4n) is 3.37. The third-order valence-electron chi connectivity index (χ3n) is 4.89. The monoisotopic (exact) mass is 465 g/mol. The molecular weight excluding hydrogens is 446 g/mol. The molecule has 1 aromatic heterocycles. The van der Waals surface area contributed by atoms with Gasteiger partial charge in [0.05, 0.1) is 17.7 Å². The molecule has 7 nitrogen and oxygen atoms in total. The average molecular weight is 466 g/mol. The molecule has 0 atom stereocenters. The number of carboxylic acid groups (broad SMARTS) is 1. The SMILES string of the molecule is COc1ccc(-c2nn(-c3ccccc3)cc2/C=C2/SC(=S)N(CC(=O)O)C2=O)cc1C. The Morgan fingerprint density at radius 2 is 2.00 bits per heavy atom. The molecule has 162 valence electrons. The maximum absolute atomic E-state index is 12.8. The van der Waals surface area contributed by atoms with Crippen molar-refractivity contribution in [3.8, 4) is 22.7 Å². The maximum Gasteiger partial charge on any atom is 0.323 e. The third-order valence-corrected chi connectivity index (χ3v) is 6.26. The van der Waals surface area contributed by atoms with E-state index in [4.69, 9.17) is 27.2 Å². The zero-order valence-corrected chi connectivity index (χ0v) is 18.9. The zero-order chi connectivity index (χ0) is 22.8. The number of carbonyl (C=O) groups excluding carboxylic acids is 1. The number of aliphatic carboxylic acids is 1. The number of aryl methyl sites for hydroxylation is 1. The summed E-state index contributed by atoms with van der Waals surface area (Å²) in [6.45, 7) is 1.49. The molecule has 2 heterocycles. The van der Waals surface area contributed by atoms with Crippen LogP contribution in [0.5, 0.6) is 5.75 Å². The van der Waals surface area contributed by atoms with Crippen LogP contribution in [0.1, 0.15) is 11.1 Å². The van der Waals surface area contributed by atoms with Gasteiger partial charge < -0.3 is 9.84 Å². The molecule has 1 saturated heterocycles. The molecule has 3 aromatic rings. The summed E-state index contributed by atoms with van der Waals surface area (Å²) in [5.41, 5.74) is 4.10. The molecule has 0 spiro atoms. The van der Waals surface area contributed by atoms with Crippen LogP contribution in [0.25, 0.3) is 23.0 Å². The van der Waals surface area contributed by atoms with E-state index in [0.29, 0.717) is 16.2 Å². The Morgan fingerprint density at radius 3 is 2.66 bits per heavy atom. The molecule has 32 heavy (non-hydrogen) atoms. The summed E-state index contributed by atoms with van der Waals surface area (Å²) in [5, 5.41) is 13.8. The van der Waals surface area contributed by atoms with Crippen LogP contribution in [0.15, 0.2) is 59.6 Å². The minimum absolute atomic E-state index is 0.223. The Morgan fingerprint density at radius 1 is 1.25 bits per heavy atom. The van der Waals surface area contributed by atoms with Gasteiger partial charge in [0.1, 0.15) is 22.3 Å². The Balaban J connectivity index is 1.80. The number of carboxylic acids is 1. The quantitative estimate of drug-likeness (QED) is 0.433. The van der Waals surface area contributed by atoms with E-state index < -0.39 is 18.4 Å². The Labute approximate surface area is 194 Å². The fourth-order valence-corrected chi connectivity index (χ4v) is 4.61. The van der Waals surface area contributed by atoms with Crippen LogP contribution in [0, 0.1) is 6.92 Å². The van der Waals surface area contributed by atoms with Crippen LogP contribution in [0.4, 0.5) is 0 Å². The van der Waals surface area contributed by atoms with Crippen molar-refractivity contribution < 1.29 is 19.4 Å². The van der Waals surface area contributed by atoms with Crippen LogP contribution in [0.2, 0.25) is 0 Å². The Bertz CT molecular complexity index is 1250. The molecule has 1 N–H and O–H groups in total. The van der Waals surface area contributed by atoms with Gasteiger partial charge in [0, 0.05) is 17.3 Å². The summed E-state index contributed by atoms with van der Waals surface area (Å²) in [7, 11) is 1.62. The lowest BCUT2D eigenvalue weighted by molar-refractivity contribution is -0.140. The van der Waals surface area contributed by atoms with Crippen molar-refractivity contribution in [1.82, 2.24) is 14.7 Å². The standard InChI is InChI=1S/C23H19N3O4S2/c1-14-10-15(8-9-18(14)30-2)21-16(12-26(24-21)17-6-4-3-5-7-17)11-19-22(29)25(13-20(27)28)23(31)32-19/h3-12H,13H2,1-2H3,(H,27,28)/b19-11+. The number of para-hydroxylation sites is 1. The normalized spacial score (nSPS) is 14.9. The van der Waals surface area contributed by atoms with Gasteiger partial charge in [0.25, 0.3) is 5.91 Å². The first-order valence-corrected chi connectivity index (χ1v) is 10.9. The van der Waals surface area contributed by atoms with E-state index >= 15 is 0 Å². The number of rotatable bonds is 6. The molecule has 1 aliphatic heterocycles. The minimum Gasteiger partial charge on any atom is -0.496 e. The van der Waals surface area contributed by atoms with Gasteiger partial charge in [-0.25, -0.2) is 4.68 Å². The highest BCUT2D eigenvalue weighted by Crippen LogP contribution is 2.35. The number of hydrogen-bond acceptors (Lipinski definition) is 6. The second-order valence-corrected chi connectivity index (χ2v) is 8.73. The fraction of sp³-hybridized carbons (Fsp3) is 0.130. The predicted molar refractivity (Wildman–Crippen MR) is 128 cm³/mol. The molecule has 1 amide bonds. The van der Waals surface area contributed by atoms with Gasteiger partial charge in [-0.2, -0.15) is 5.10 Å². The number of ether oxygens (including phenoxy) is 1. The molecule has 0 bridgehead atoms. The van der Waals surface area contributed by atoms with Gasteiger partial charge in [-0.1, -0.05) is 42.2 Å². The predicted octanol–water partition coefficient (Wildman–Crippen LogP) is 4.14. The number of thiocarbonyl (C=S) groups is 1. The summed E-state index contributed by atoms with van der Waals surface area (Å²) in [5.74, 6) is -0.770. The summed E-state index contributed by atoms with van der Waals surface area (Å²) in [6, 6.07) is 15.4. The third kappa shape index (κ3) is 4.30. The second-order valence-electron chi connectivity index (χ2n) is 7.06. The highest BCUT2D eigenvalue weighted by Gasteiger charge is 2.33. The largest absolute Gasteiger partial charge is 0.496 e. The molecular formula is C23H19N3O4S2. The number of nitrogens with zero attached hydrogens (tertiary/aromatic N) is 3. The average Bonchev–Trinajstić information content (AvgIpc) is 3.31. The molecule has 9 heteroatoms. The minimum atomic E-state index is -1.12. The first kappa shape index (κ1) is 21.8. The van der Waals surface area contributed by atoms with E-state index in [0.717, 1.165) is 39.2 Å². The Hall–Kier alpha value is -3.43. The number of thioether (sulfide) groups is 1. The van der Waals surface area contributed by atoms with Crippen molar-refractivity contribution in [2.75, 3.05) is 13.7 Å². The van der Waals surface area contributed by atoms with Crippen LogP contribution >= 0.6 is 24.0 Å². The number of hydrogen-bond donors (Lipinski definition) is 1. The van der Waals surface area contributed by atoms with E-state index in [2.05, 4.69) is 0 Å². The lowest BCUT2D eigenvalue weighted by Crippen LogP contribution is -2.33. The van der Waals surface area contributed by atoms with Gasteiger partial charge in [0.15, 0.2) is 0 Å². The van der Waals surface area contributed by atoms with Gasteiger partial charge >= 0.3 is 5.97 Å². The van der Waals surface area contributed by atoms with E-state index in [1.165, 1.54) is 0 Å². The van der Waals surface area contributed by atoms with Crippen molar-refractivity contribution in [2.45, 2.75) is 6.92 Å². The second kappa shape index (κ2) is 8.97. The van der Waals surface area contributed by atoms with Crippen LogP contribution in [-0.4, -0.2) is 49.6 Å². The van der Waals surface area contributed by atoms with E-state index in [1.807, 2.05) is 61.7 Å². The van der Waals surface area contributed by atoms with Gasteiger partial charge in [-0.3, -0.25) is 14.5 Å². The van der Waals surface area contributed by atoms with Gasteiger partial charge in [-0.15, -0.1) is 0 Å². The van der Waals surface area contributed by atoms with Gasteiger partial charge in [0.2, 0.25) is 0 Å². The Kier molecular flexibility index (Phi) is 6.11. The number of carbonyl (C=O) groups is 2. The van der Waals surface area contributed by atoms with Crippen LogP contribution in [-0.2, 0) is 9.59 Å². The number of aromatic nitrogens is 2. The molecule has 0 saturated carbocycles. The van der Waals surface area contributed by atoms with Crippen molar-refractivity contribution in [2.24, 2.45) is 0 Å². The lowest BCUT2D eigenvalue weighted by atomic mass is 10.0. The smallest absolute Gasteiger partial charge is 0.323 e. The molecule has 0 radical (unpaired) electrons. The first-order valence-electron chi connectivity index (χ1n) is 9.64. The highest BCUT2D eigenvalue weighted by atomic mass is 32.2. The molecule has 0 unspecified atom stereocenters. The highest BCUT2D eigenvalue weighted by molar-refractivity contribution is 8.26. The zero-order valence-electron chi connectivity index (χ0n) is 17.3. The van der Waals surface area contributed by atoms with Crippen molar-refractivity contribution >= 4 is 46.3 Å². The molecule has 1 fully saturated rings. The summed E-state index contributed by atoms with van der Waals surface area (Å²) in [6.07, 6.45) is 3.55. The summed E-state index contributed by atoms with van der Waals surface area (Å²) in [4.78, 5) is 25.3. The number of amides is 1. The molecule has 2 aromatic carbocycles. The number of methoxy groups -OCH3 is 1. The molecule has 0 aliphatic carbocycles. The molecule has 4 rings (SSSR count). The molecule has 1 aliphatic rings. The van der Waals surface area contributed by atoms with Gasteiger partial charge in [-0.05, 0) is 48.9 Å². The van der Waals surface area contributed by atoms with Crippen LogP contribution in [0.3, 0.4) is 0 Å². The van der Waals surface area contributed by atoms with E-state index in [-0.39, 0.29) is 4.32 Å².